The third kappa shape index (κ3) is 3.43. The molecule has 1 aromatic rings. The summed E-state index contributed by atoms with van der Waals surface area (Å²) in [5.74, 6) is 0.270. The van der Waals surface area contributed by atoms with Crippen molar-refractivity contribution >= 4 is 23.2 Å². The van der Waals surface area contributed by atoms with Crippen LogP contribution in [0.5, 0.6) is 0 Å². The number of nitrogens with zero attached hydrogens (tertiary/aromatic N) is 2. The monoisotopic (exact) mass is 335 g/mol. The predicted octanol–water partition coefficient (Wildman–Crippen LogP) is 1.81. The summed E-state index contributed by atoms with van der Waals surface area (Å²) in [6.45, 7) is 7.74. The third-order valence-corrected chi connectivity index (χ3v) is 5.70. The number of hydrogen-bond acceptors (Lipinski definition) is 4. The molecule has 6 heteroatoms. The van der Waals surface area contributed by atoms with Crippen molar-refractivity contribution in [2.24, 2.45) is 5.41 Å². The SMILES string of the molecule is CC1(C)CCCNC1C(=O)N1CCN(C(=O)c2ccsc2)CC1. The van der Waals surface area contributed by atoms with E-state index in [4.69, 9.17) is 0 Å². The molecule has 2 aliphatic heterocycles. The van der Waals surface area contributed by atoms with Crippen LogP contribution in [-0.4, -0.2) is 60.4 Å². The van der Waals surface area contributed by atoms with Crippen molar-refractivity contribution in [1.29, 1.82) is 0 Å². The topological polar surface area (TPSA) is 52.7 Å². The number of carbonyl (C=O) groups is 2. The van der Waals surface area contributed by atoms with Crippen molar-refractivity contribution in [2.75, 3.05) is 32.7 Å². The molecule has 0 saturated carbocycles. The first-order chi connectivity index (χ1) is 11.0. The van der Waals surface area contributed by atoms with Crippen LogP contribution in [0.4, 0.5) is 0 Å². The van der Waals surface area contributed by atoms with Gasteiger partial charge in [0.2, 0.25) is 5.91 Å². The maximum absolute atomic E-state index is 12.8. The average molecular weight is 335 g/mol. The van der Waals surface area contributed by atoms with E-state index in [2.05, 4.69) is 19.2 Å². The molecule has 5 nitrogen and oxygen atoms in total. The largest absolute Gasteiger partial charge is 0.338 e. The Morgan fingerprint density at radius 2 is 1.91 bits per heavy atom. The highest BCUT2D eigenvalue weighted by Gasteiger charge is 2.40. The van der Waals surface area contributed by atoms with Crippen LogP contribution in [0.2, 0.25) is 0 Å². The highest BCUT2D eigenvalue weighted by atomic mass is 32.1. The van der Waals surface area contributed by atoms with E-state index in [1.54, 1.807) is 0 Å². The maximum atomic E-state index is 12.8. The number of amides is 2. The molecule has 0 radical (unpaired) electrons. The van der Waals surface area contributed by atoms with Gasteiger partial charge in [0.15, 0.2) is 0 Å². The molecular formula is C17H25N3O2S. The van der Waals surface area contributed by atoms with E-state index in [-0.39, 0.29) is 23.3 Å². The van der Waals surface area contributed by atoms with Crippen molar-refractivity contribution in [3.8, 4) is 0 Å². The van der Waals surface area contributed by atoms with Gasteiger partial charge in [0.1, 0.15) is 0 Å². The Balaban J connectivity index is 1.58. The number of hydrogen-bond donors (Lipinski definition) is 1. The average Bonchev–Trinajstić information content (AvgIpc) is 3.08. The van der Waals surface area contributed by atoms with E-state index < -0.39 is 0 Å². The summed E-state index contributed by atoms with van der Waals surface area (Å²) in [6.07, 6.45) is 2.20. The van der Waals surface area contributed by atoms with Crippen LogP contribution in [-0.2, 0) is 4.79 Å². The minimum atomic E-state index is -0.102. The molecule has 0 spiro atoms. The molecule has 2 amide bonds. The molecule has 126 valence electrons. The van der Waals surface area contributed by atoms with E-state index in [0.29, 0.717) is 26.2 Å². The summed E-state index contributed by atoms with van der Waals surface area (Å²) in [7, 11) is 0. The fourth-order valence-corrected chi connectivity index (χ4v) is 4.14. The van der Waals surface area contributed by atoms with Crippen molar-refractivity contribution in [1.82, 2.24) is 15.1 Å². The molecule has 0 aliphatic carbocycles. The lowest BCUT2D eigenvalue weighted by Crippen LogP contribution is -2.60. The first-order valence-corrected chi connectivity index (χ1v) is 9.27. The van der Waals surface area contributed by atoms with Gasteiger partial charge in [-0.25, -0.2) is 0 Å². The highest BCUT2D eigenvalue weighted by molar-refractivity contribution is 7.08. The zero-order valence-electron chi connectivity index (χ0n) is 13.9. The van der Waals surface area contributed by atoms with E-state index in [1.807, 2.05) is 26.6 Å². The summed E-state index contributed by atoms with van der Waals surface area (Å²) in [5.41, 5.74) is 0.753. The Bertz CT molecular complexity index is 562. The van der Waals surface area contributed by atoms with Gasteiger partial charge in [0.25, 0.3) is 5.91 Å². The smallest absolute Gasteiger partial charge is 0.254 e. The van der Waals surface area contributed by atoms with Crippen LogP contribution in [0.25, 0.3) is 0 Å². The van der Waals surface area contributed by atoms with Crippen molar-refractivity contribution in [3.63, 3.8) is 0 Å². The molecule has 1 N–H and O–H groups in total. The van der Waals surface area contributed by atoms with Gasteiger partial charge in [0.05, 0.1) is 11.6 Å². The molecule has 1 aromatic heterocycles. The normalized spacial score (nSPS) is 24.5. The molecule has 1 unspecified atom stereocenters. The highest BCUT2D eigenvalue weighted by Crippen LogP contribution is 2.31. The second kappa shape index (κ2) is 6.61. The van der Waals surface area contributed by atoms with Crippen LogP contribution in [0.3, 0.4) is 0 Å². The van der Waals surface area contributed by atoms with Gasteiger partial charge >= 0.3 is 0 Å². The van der Waals surface area contributed by atoms with E-state index >= 15 is 0 Å². The Kier molecular flexibility index (Phi) is 4.73. The quantitative estimate of drug-likeness (QED) is 0.897. The molecule has 3 heterocycles. The minimum absolute atomic E-state index is 0.00103. The van der Waals surface area contributed by atoms with Crippen LogP contribution in [0.15, 0.2) is 16.8 Å². The number of rotatable bonds is 2. The molecule has 1 atom stereocenters. The maximum Gasteiger partial charge on any atom is 0.254 e. The van der Waals surface area contributed by atoms with Crippen LogP contribution < -0.4 is 5.32 Å². The van der Waals surface area contributed by atoms with E-state index in [9.17, 15) is 9.59 Å². The molecule has 23 heavy (non-hydrogen) atoms. The van der Waals surface area contributed by atoms with Crippen LogP contribution >= 0.6 is 11.3 Å². The third-order valence-electron chi connectivity index (χ3n) is 5.02. The summed E-state index contributed by atoms with van der Waals surface area (Å²) < 4.78 is 0. The molecule has 2 fully saturated rings. The molecular weight excluding hydrogens is 310 g/mol. The van der Waals surface area contributed by atoms with E-state index in [0.717, 1.165) is 24.9 Å². The Morgan fingerprint density at radius 1 is 1.22 bits per heavy atom. The lowest BCUT2D eigenvalue weighted by atomic mass is 9.77. The van der Waals surface area contributed by atoms with Crippen LogP contribution in [0, 0.1) is 5.41 Å². The summed E-state index contributed by atoms with van der Waals surface area (Å²) in [4.78, 5) is 29.0. The fraction of sp³-hybridized carbons (Fsp3) is 0.647. The van der Waals surface area contributed by atoms with Gasteiger partial charge in [0, 0.05) is 31.6 Å². The zero-order chi connectivity index (χ0) is 16.4. The molecule has 2 saturated heterocycles. The molecule has 3 rings (SSSR count). The Morgan fingerprint density at radius 3 is 2.52 bits per heavy atom. The van der Waals surface area contributed by atoms with Gasteiger partial charge in [-0.2, -0.15) is 11.3 Å². The molecule has 2 aliphatic rings. The Hall–Kier alpha value is -1.40. The first-order valence-electron chi connectivity index (χ1n) is 8.33. The molecule has 0 bridgehead atoms. The number of nitrogens with one attached hydrogen (secondary N) is 1. The second-order valence-electron chi connectivity index (χ2n) is 7.11. The number of piperidine rings is 1. The summed E-state index contributed by atoms with van der Waals surface area (Å²) in [5, 5.41) is 7.20. The predicted molar refractivity (Wildman–Crippen MR) is 91.6 cm³/mol. The molecule has 0 aromatic carbocycles. The van der Waals surface area contributed by atoms with Gasteiger partial charge in [-0.1, -0.05) is 13.8 Å². The van der Waals surface area contributed by atoms with Gasteiger partial charge in [-0.3, -0.25) is 9.59 Å². The standard InChI is InChI=1S/C17H25N3O2S/c1-17(2)5-3-6-18-14(17)16(22)20-9-7-19(8-10-20)15(21)13-4-11-23-12-13/h4,11-12,14,18H,3,5-10H2,1-2H3. The van der Waals surface area contributed by atoms with Crippen molar-refractivity contribution < 1.29 is 9.59 Å². The number of piperazine rings is 1. The lowest BCUT2D eigenvalue weighted by Gasteiger charge is -2.43. The van der Waals surface area contributed by atoms with Crippen LogP contribution in [0.1, 0.15) is 37.0 Å². The van der Waals surface area contributed by atoms with Crippen molar-refractivity contribution in [2.45, 2.75) is 32.7 Å². The summed E-state index contributed by atoms with van der Waals surface area (Å²) >= 11 is 1.54. The first kappa shape index (κ1) is 16.5. The lowest BCUT2D eigenvalue weighted by molar-refractivity contribution is -0.138. The Labute approximate surface area is 141 Å². The van der Waals surface area contributed by atoms with Gasteiger partial charge < -0.3 is 15.1 Å². The van der Waals surface area contributed by atoms with Gasteiger partial charge in [-0.15, -0.1) is 0 Å². The zero-order valence-corrected chi connectivity index (χ0v) is 14.7. The number of carbonyl (C=O) groups excluding carboxylic acids is 2. The van der Waals surface area contributed by atoms with Gasteiger partial charge in [-0.05, 0) is 36.2 Å². The minimum Gasteiger partial charge on any atom is -0.338 e. The summed E-state index contributed by atoms with van der Waals surface area (Å²) in [6, 6.07) is 1.76. The van der Waals surface area contributed by atoms with E-state index in [1.165, 1.54) is 11.3 Å². The second-order valence-corrected chi connectivity index (χ2v) is 7.89. The fourth-order valence-electron chi connectivity index (χ4n) is 3.51. The number of thiophene rings is 1. The van der Waals surface area contributed by atoms with Crippen molar-refractivity contribution in [3.05, 3.63) is 22.4 Å².